The maximum atomic E-state index is 6.02. The van der Waals surface area contributed by atoms with Crippen LogP contribution in [0.5, 0.6) is 0 Å². The molecule has 0 spiro atoms. The number of hydrogen-bond acceptors (Lipinski definition) is 6. The van der Waals surface area contributed by atoms with E-state index in [2.05, 4.69) is 50.1 Å². The smallest absolute Gasteiger partial charge is 0.298 e. The quantitative estimate of drug-likeness (QED) is 0.531. The highest BCUT2D eigenvalue weighted by atomic mass is 32.1. The Morgan fingerprint density at radius 2 is 2.26 bits per heavy atom. The summed E-state index contributed by atoms with van der Waals surface area (Å²) in [6, 6.07) is 6.86. The molecule has 3 aromatic heterocycles. The highest BCUT2D eigenvalue weighted by molar-refractivity contribution is 7.07. The summed E-state index contributed by atoms with van der Waals surface area (Å²) >= 11 is 1.63. The molecule has 4 aromatic rings. The fourth-order valence-corrected chi connectivity index (χ4v) is 4.38. The van der Waals surface area contributed by atoms with Gasteiger partial charge in [0.25, 0.3) is 6.01 Å². The van der Waals surface area contributed by atoms with Gasteiger partial charge in [-0.15, -0.1) is 11.3 Å². The maximum Gasteiger partial charge on any atom is 0.298 e. The molecule has 0 N–H and O–H groups in total. The second-order valence-electron chi connectivity index (χ2n) is 7.15. The second kappa shape index (κ2) is 6.81. The van der Waals surface area contributed by atoms with Crippen molar-refractivity contribution in [1.29, 1.82) is 0 Å². The zero-order valence-electron chi connectivity index (χ0n) is 15.2. The normalized spacial score (nSPS) is 17.7. The standard InChI is InChI=1S/C20H21N5OS/c1-14-4-5-18-17(9-14)23-20(26-18)25-7-2-3-15(10-25)19-21-6-8-24(19)11-16-12-27-13-22-16/h4-6,8-9,12-13,15H,2-3,7,10-11H2,1H3. The van der Waals surface area contributed by atoms with Crippen molar-refractivity contribution in [1.82, 2.24) is 19.5 Å². The zero-order chi connectivity index (χ0) is 18.2. The summed E-state index contributed by atoms with van der Waals surface area (Å²) in [4.78, 5) is 16.0. The molecule has 1 aliphatic rings. The summed E-state index contributed by atoms with van der Waals surface area (Å²) in [6.07, 6.45) is 6.18. The minimum absolute atomic E-state index is 0.365. The largest absolute Gasteiger partial charge is 0.423 e. The topological polar surface area (TPSA) is 60.0 Å². The Labute approximate surface area is 161 Å². The van der Waals surface area contributed by atoms with Crippen molar-refractivity contribution >= 4 is 28.5 Å². The molecule has 1 fully saturated rings. The fourth-order valence-electron chi connectivity index (χ4n) is 3.83. The number of imidazole rings is 1. The summed E-state index contributed by atoms with van der Waals surface area (Å²) < 4.78 is 8.24. The van der Waals surface area contributed by atoms with Crippen LogP contribution >= 0.6 is 11.3 Å². The average molecular weight is 379 g/mol. The van der Waals surface area contributed by atoms with Crippen molar-refractivity contribution in [3.05, 3.63) is 58.6 Å². The minimum atomic E-state index is 0.365. The molecule has 1 aliphatic heterocycles. The molecule has 27 heavy (non-hydrogen) atoms. The van der Waals surface area contributed by atoms with Crippen LogP contribution in [0.15, 0.2) is 45.9 Å². The van der Waals surface area contributed by atoms with Crippen molar-refractivity contribution in [2.75, 3.05) is 18.0 Å². The SMILES string of the molecule is Cc1ccc2oc(N3CCCC(c4nccn4Cc4cscn4)C3)nc2c1. The number of aryl methyl sites for hydroxylation is 1. The van der Waals surface area contributed by atoms with Crippen LogP contribution in [0, 0.1) is 6.92 Å². The monoisotopic (exact) mass is 379 g/mol. The third-order valence-corrected chi connectivity index (χ3v) is 5.79. The molecule has 0 radical (unpaired) electrons. The number of benzene rings is 1. The van der Waals surface area contributed by atoms with Gasteiger partial charge in [-0.2, -0.15) is 4.98 Å². The Kier molecular flexibility index (Phi) is 4.16. The number of piperidine rings is 1. The van der Waals surface area contributed by atoms with Crippen LogP contribution in [0.25, 0.3) is 11.1 Å². The van der Waals surface area contributed by atoms with Gasteiger partial charge in [0.2, 0.25) is 0 Å². The lowest BCUT2D eigenvalue weighted by atomic mass is 9.97. The third kappa shape index (κ3) is 3.23. The first-order valence-electron chi connectivity index (χ1n) is 9.26. The average Bonchev–Trinajstić information content (AvgIpc) is 3.42. The van der Waals surface area contributed by atoms with Gasteiger partial charge in [-0.05, 0) is 37.5 Å². The molecule has 0 bridgehead atoms. The predicted octanol–water partition coefficient (Wildman–Crippen LogP) is 4.22. The molecular formula is C20H21N5OS. The molecule has 1 saturated heterocycles. The fraction of sp³-hybridized carbons (Fsp3) is 0.350. The molecule has 0 saturated carbocycles. The number of anilines is 1. The van der Waals surface area contributed by atoms with E-state index in [1.165, 1.54) is 5.56 Å². The van der Waals surface area contributed by atoms with Crippen molar-refractivity contribution in [2.45, 2.75) is 32.2 Å². The molecule has 6 nitrogen and oxygen atoms in total. The van der Waals surface area contributed by atoms with Crippen LogP contribution in [-0.2, 0) is 6.54 Å². The Hall–Kier alpha value is -2.67. The molecule has 4 heterocycles. The van der Waals surface area contributed by atoms with Gasteiger partial charge in [-0.3, -0.25) is 0 Å². The number of rotatable bonds is 4. The summed E-state index contributed by atoms with van der Waals surface area (Å²) in [6.45, 7) is 4.69. The molecule has 1 atom stereocenters. The van der Waals surface area contributed by atoms with E-state index in [-0.39, 0.29) is 0 Å². The number of nitrogens with zero attached hydrogens (tertiary/aromatic N) is 5. The van der Waals surface area contributed by atoms with Crippen LogP contribution < -0.4 is 4.90 Å². The van der Waals surface area contributed by atoms with Gasteiger partial charge in [0.1, 0.15) is 11.3 Å². The first-order chi connectivity index (χ1) is 13.3. The Bertz CT molecular complexity index is 1050. The van der Waals surface area contributed by atoms with Gasteiger partial charge in [-0.25, -0.2) is 9.97 Å². The molecule has 5 rings (SSSR count). The lowest BCUT2D eigenvalue weighted by Crippen LogP contribution is -2.35. The van der Waals surface area contributed by atoms with E-state index < -0.39 is 0 Å². The second-order valence-corrected chi connectivity index (χ2v) is 7.86. The summed E-state index contributed by atoms with van der Waals surface area (Å²) in [7, 11) is 0. The minimum Gasteiger partial charge on any atom is -0.423 e. The van der Waals surface area contributed by atoms with Crippen molar-refractivity contribution < 1.29 is 4.42 Å². The number of fused-ring (bicyclic) bond motifs is 1. The van der Waals surface area contributed by atoms with E-state index in [1.54, 1.807) is 11.3 Å². The highest BCUT2D eigenvalue weighted by Gasteiger charge is 2.27. The van der Waals surface area contributed by atoms with Crippen molar-refractivity contribution in [3.63, 3.8) is 0 Å². The van der Waals surface area contributed by atoms with E-state index in [0.29, 0.717) is 5.92 Å². The lowest BCUT2D eigenvalue weighted by Gasteiger charge is -2.31. The first-order valence-corrected chi connectivity index (χ1v) is 10.2. The number of thiazole rings is 1. The van der Waals surface area contributed by atoms with Crippen molar-refractivity contribution in [2.24, 2.45) is 0 Å². The van der Waals surface area contributed by atoms with Gasteiger partial charge in [0.15, 0.2) is 5.58 Å². The Morgan fingerprint density at radius 1 is 1.30 bits per heavy atom. The first kappa shape index (κ1) is 16.5. The summed E-state index contributed by atoms with van der Waals surface area (Å²) in [5, 5.41) is 2.09. The number of aromatic nitrogens is 4. The molecule has 0 amide bonds. The molecular weight excluding hydrogens is 358 g/mol. The van der Waals surface area contributed by atoms with Crippen LogP contribution in [0.3, 0.4) is 0 Å². The van der Waals surface area contributed by atoms with E-state index in [0.717, 1.165) is 61.1 Å². The molecule has 138 valence electrons. The number of oxazole rings is 1. The van der Waals surface area contributed by atoms with E-state index in [9.17, 15) is 0 Å². The van der Waals surface area contributed by atoms with Gasteiger partial charge in [-0.1, -0.05) is 6.07 Å². The van der Waals surface area contributed by atoms with Crippen LogP contribution in [0.4, 0.5) is 6.01 Å². The van der Waals surface area contributed by atoms with E-state index in [4.69, 9.17) is 9.40 Å². The molecule has 1 aromatic carbocycles. The van der Waals surface area contributed by atoms with Crippen LogP contribution in [-0.4, -0.2) is 32.6 Å². The van der Waals surface area contributed by atoms with E-state index >= 15 is 0 Å². The molecule has 1 unspecified atom stereocenters. The van der Waals surface area contributed by atoms with Crippen molar-refractivity contribution in [3.8, 4) is 0 Å². The van der Waals surface area contributed by atoms with Gasteiger partial charge in [0.05, 0.1) is 17.7 Å². The van der Waals surface area contributed by atoms with Gasteiger partial charge < -0.3 is 13.9 Å². The van der Waals surface area contributed by atoms with Crippen LogP contribution in [0.2, 0.25) is 0 Å². The van der Waals surface area contributed by atoms with Gasteiger partial charge >= 0.3 is 0 Å². The third-order valence-electron chi connectivity index (χ3n) is 5.15. The maximum absolute atomic E-state index is 6.02. The molecule has 7 heteroatoms. The number of hydrogen-bond donors (Lipinski definition) is 0. The predicted molar refractivity (Wildman–Crippen MR) is 106 cm³/mol. The molecule has 0 aliphatic carbocycles. The highest BCUT2D eigenvalue weighted by Crippen LogP contribution is 2.31. The summed E-state index contributed by atoms with van der Waals surface area (Å²) in [5.41, 5.74) is 5.94. The Balaban J connectivity index is 1.38. The lowest BCUT2D eigenvalue weighted by molar-refractivity contribution is 0.447. The Morgan fingerprint density at radius 3 is 3.15 bits per heavy atom. The van der Waals surface area contributed by atoms with Gasteiger partial charge in [0, 0.05) is 36.8 Å². The van der Waals surface area contributed by atoms with Crippen LogP contribution in [0.1, 0.15) is 35.8 Å². The van der Waals surface area contributed by atoms with E-state index in [1.807, 2.05) is 17.8 Å². The summed E-state index contributed by atoms with van der Waals surface area (Å²) in [5.74, 6) is 1.49. The zero-order valence-corrected chi connectivity index (χ0v) is 16.0.